The molecule has 0 saturated carbocycles. The number of nitrogens with two attached hydrogens (primary N) is 1. The maximum Gasteiger partial charge on any atom is -0.00488 e. The van der Waals surface area contributed by atoms with Crippen LogP contribution in [0.3, 0.4) is 0 Å². The fourth-order valence-corrected chi connectivity index (χ4v) is 1.06. The molecular weight excluding hydrogens is 148 g/mol. The Morgan fingerprint density at radius 3 is 2.58 bits per heavy atom. The third kappa shape index (κ3) is 9.92. The molecule has 0 spiro atoms. The minimum atomic E-state index is 0.795. The predicted octanol–water partition coefficient (Wildman–Crippen LogP) is 1.71. The van der Waals surface area contributed by atoms with E-state index in [1.165, 1.54) is 32.2 Å². The summed E-state index contributed by atoms with van der Waals surface area (Å²) < 4.78 is 0. The minimum Gasteiger partial charge on any atom is -0.330 e. The fraction of sp³-hybridized carbons (Fsp3) is 0.900. The Balaban J connectivity index is 2.73. The number of rotatable bonds is 9. The van der Waals surface area contributed by atoms with Crippen molar-refractivity contribution in [2.45, 2.75) is 39.0 Å². The number of hydrogen-bond donors (Lipinski definition) is 2. The molecule has 0 heterocycles. The third-order valence-corrected chi connectivity index (χ3v) is 1.84. The SMILES string of the molecule is CCCCNCCC[CH]CCN. The molecule has 0 aliphatic heterocycles. The first kappa shape index (κ1) is 11.9. The van der Waals surface area contributed by atoms with Crippen molar-refractivity contribution in [2.75, 3.05) is 19.6 Å². The van der Waals surface area contributed by atoms with Gasteiger partial charge >= 0.3 is 0 Å². The lowest BCUT2D eigenvalue weighted by Crippen LogP contribution is -2.16. The maximum atomic E-state index is 5.36. The quantitative estimate of drug-likeness (QED) is 0.518. The molecule has 12 heavy (non-hydrogen) atoms. The van der Waals surface area contributed by atoms with E-state index in [1.807, 2.05) is 0 Å². The van der Waals surface area contributed by atoms with E-state index in [-0.39, 0.29) is 0 Å². The Kier molecular flexibility index (Phi) is 10.8. The molecule has 0 aliphatic carbocycles. The highest BCUT2D eigenvalue weighted by molar-refractivity contribution is 4.65. The second-order valence-electron chi connectivity index (χ2n) is 3.11. The Morgan fingerprint density at radius 1 is 1.17 bits per heavy atom. The predicted molar refractivity (Wildman–Crippen MR) is 55.0 cm³/mol. The molecule has 0 fully saturated rings. The normalized spacial score (nSPS) is 10.5. The van der Waals surface area contributed by atoms with Crippen LogP contribution in [0, 0.1) is 6.42 Å². The van der Waals surface area contributed by atoms with Gasteiger partial charge in [0.2, 0.25) is 0 Å². The van der Waals surface area contributed by atoms with Crippen LogP contribution in [0.1, 0.15) is 39.0 Å². The zero-order chi connectivity index (χ0) is 9.07. The van der Waals surface area contributed by atoms with Crippen molar-refractivity contribution in [1.82, 2.24) is 5.32 Å². The molecule has 1 radical (unpaired) electrons. The molecule has 0 aromatic carbocycles. The zero-order valence-corrected chi connectivity index (χ0v) is 8.31. The van der Waals surface area contributed by atoms with Gasteiger partial charge in [0.1, 0.15) is 0 Å². The van der Waals surface area contributed by atoms with Crippen LogP contribution in [0.5, 0.6) is 0 Å². The van der Waals surface area contributed by atoms with Crippen LogP contribution >= 0.6 is 0 Å². The number of hydrogen-bond acceptors (Lipinski definition) is 2. The third-order valence-electron chi connectivity index (χ3n) is 1.84. The Labute approximate surface area is 76.9 Å². The summed E-state index contributed by atoms with van der Waals surface area (Å²) in [6.07, 6.45) is 8.38. The first-order valence-corrected chi connectivity index (χ1v) is 5.14. The summed E-state index contributed by atoms with van der Waals surface area (Å²) in [4.78, 5) is 0. The maximum absolute atomic E-state index is 5.36. The van der Waals surface area contributed by atoms with Crippen molar-refractivity contribution in [1.29, 1.82) is 0 Å². The second kappa shape index (κ2) is 10.9. The largest absolute Gasteiger partial charge is 0.330 e. The van der Waals surface area contributed by atoms with E-state index in [0.29, 0.717) is 0 Å². The average Bonchev–Trinajstić information content (AvgIpc) is 2.10. The van der Waals surface area contributed by atoms with Crippen LogP contribution in [0.4, 0.5) is 0 Å². The van der Waals surface area contributed by atoms with Crippen molar-refractivity contribution < 1.29 is 0 Å². The average molecular weight is 171 g/mol. The molecule has 0 unspecified atom stereocenters. The highest BCUT2D eigenvalue weighted by Crippen LogP contribution is 1.95. The van der Waals surface area contributed by atoms with Crippen molar-refractivity contribution in [3.8, 4) is 0 Å². The van der Waals surface area contributed by atoms with Gasteiger partial charge in [0, 0.05) is 0 Å². The standard InChI is InChI=1S/C10H23N2/c1-2-3-9-12-10-7-5-4-6-8-11/h4,12H,2-3,5-11H2,1H3. The van der Waals surface area contributed by atoms with Gasteiger partial charge in [-0.25, -0.2) is 0 Å². The Bertz CT molecular complexity index is 64.2. The van der Waals surface area contributed by atoms with Crippen molar-refractivity contribution in [2.24, 2.45) is 5.73 Å². The molecule has 0 saturated heterocycles. The minimum absolute atomic E-state index is 0.795. The van der Waals surface area contributed by atoms with Gasteiger partial charge in [0.15, 0.2) is 0 Å². The first-order chi connectivity index (χ1) is 5.91. The summed E-state index contributed by atoms with van der Waals surface area (Å²) in [6, 6.07) is 0. The molecule has 0 aromatic rings. The highest BCUT2D eigenvalue weighted by atomic mass is 14.8. The van der Waals surface area contributed by atoms with Gasteiger partial charge in [-0.2, -0.15) is 0 Å². The fourth-order valence-electron chi connectivity index (χ4n) is 1.06. The Hall–Kier alpha value is -0.0800. The lowest BCUT2D eigenvalue weighted by molar-refractivity contribution is 0.610. The monoisotopic (exact) mass is 171 g/mol. The molecule has 0 aromatic heterocycles. The van der Waals surface area contributed by atoms with Gasteiger partial charge in [-0.3, -0.25) is 0 Å². The summed E-state index contributed by atoms with van der Waals surface area (Å²) in [7, 11) is 0. The van der Waals surface area contributed by atoms with E-state index in [0.717, 1.165) is 19.5 Å². The molecule has 0 rings (SSSR count). The van der Waals surface area contributed by atoms with Crippen LogP contribution in [0.15, 0.2) is 0 Å². The summed E-state index contributed by atoms with van der Waals surface area (Å²) in [5, 5.41) is 3.41. The molecule has 0 aliphatic rings. The molecule has 0 bridgehead atoms. The second-order valence-corrected chi connectivity index (χ2v) is 3.11. The van der Waals surface area contributed by atoms with Gasteiger partial charge in [-0.1, -0.05) is 13.3 Å². The van der Waals surface area contributed by atoms with Crippen LogP contribution in [0.25, 0.3) is 0 Å². The van der Waals surface area contributed by atoms with Crippen LogP contribution in [-0.4, -0.2) is 19.6 Å². The van der Waals surface area contributed by atoms with Crippen molar-refractivity contribution in [3.05, 3.63) is 6.42 Å². The summed E-state index contributed by atoms with van der Waals surface area (Å²) >= 11 is 0. The van der Waals surface area contributed by atoms with Gasteiger partial charge in [0.25, 0.3) is 0 Å². The van der Waals surface area contributed by atoms with Gasteiger partial charge in [-0.05, 0) is 51.7 Å². The van der Waals surface area contributed by atoms with Crippen molar-refractivity contribution >= 4 is 0 Å². The van der Waals surface area contributed by atoms with E-state index in [9.17, 15) is 0 Å². The van der Waals surface area contributed by atoms with E-state index >= 15 is 0 Å². The summed E-state index contributed by atoms with van der Waals surface area (Å²) in [5.41, 5.74) is 5.36. The van der Waals surface area contributed by atoms with Crippen LogP contribution in [0.2, 0.25) is 0 Å². The molecule has 73 valence electrons. The Morgan fingerprint density at radius 2 is 1.92 bits per heavy atom. The van der Waals surface area contributed by atoms with Crippen LogP contribution < -0.4 is 11.1 Å². The van der Waals surface area contributed by atoms with Gasteiger partial charge < -0.3 is 11.1 Å². The number of unbranched alkanes of at least 4 members (excludes halogenated alkanes) is 4. The van der Waals surface area contributed by atoms with E-state index in [4.69, 9.17) is 5.73 Å². The first-order valence-electron chi connectivity index (χ1n) is 5.14. The van der Waals surface area contributed by atoms with E-state index in [2.05, 4.69) is 18.7 Å². The summed E-state index contributed by atoms with van der Waals surface area (Å²) in [6.45, 7) is 5.34. The molecule has 2 heteroatoms. The smallest absolute Gasteiger partial charge is 0.00488 e. The van der Waals surface area contributed by atoms with Gasteiger partial charge in [0.05, 0.1) is 0 Å². The van der Waals surface area contributed by atoms with Gasteiger partial charge in [-0.15, -0.1) is 0 Å². The molecular formula is C10H23N2. The van der Waals surface area contributed by atoms with Crippen LogP contribution in [-0.2, 0) is 0 Å². The number of nitrogens with one attached hydrogen (secondary N) is 1. The molecule has 3 N–H and O–H groups in total. The lowest BCUT2D eigenvalue weighted by Gasteiger charge is -2.02. The molecule has 0 atom stereocenters. The van der Waals surface area contributed by atoms with E-state index < -0.39 is 0 Å². The topological polar surface area (TPSA) is 38.0 Å². The molecule has 0 amide bonds. The van der Waals surface area contributed by atoms with Crippen molar-refractivity contribution in [3.63, 3.8) is 0 Å². The lowest BCUT2D eigenvalue weighted by atomic mass is 10.2. The molecule has 2 nitrogen and oxygen atoms in total. The summed E-state index contributed by atoms with van der Waals surface area (Å²) in [5.74, 6) is 0. The highest BCUT2D eigenvalue weighted by Gasteiger charge is 1.88. The zero-order valence-electron chi connectivity index (χ0n) is 8.31. The van der Waals surface area contributed by atoms with E-state index in [1.54, 1.807) is 0 Å².